The second kappa shape index (κ2) is 21.5. The summed E-state index contributed by atoms with van der Waals surface area (Å²) in [7, 11) is -4.34. The Kier molecular flexibility index (Phi) is 17.7. The number of carboxylic acids is 1. The molecule has 1 amide bonds. The Hall–Kier alpha value is -6.69. The number of carbonyl (C=O) groups excluding carboxylic acids is 1. The average molecular weight is 1040 g/mol. The Bertz CT molecular complexity index is 2950. The summed E-state index contributed by atoms with van der Waals surface area (Å²) in [6, 6.07) is 8.43. The Labute approximate surface area is 398 Å². The van der Waals surface area contributed by atoms with Gasteiger partial charge in [-0.3, -0.25) is 4.79 Å². The van der Waals surface area contributed by atoms with Crippen molar-refractivity contribution in [2.24, 2.45) is 26.2 Å². The Morgan fingerprint density at radius 3 is 1.41 bits per heavy atom. The van der Waals surface area contributed by atoms with E-state index in [2.05, 4.69) is 30.4 Å². The van der Waals surface area contributed by atoms with Gasteiger partial charge < -0.3 is 20.7 Å². The van der Waals surface area contributed by atoms with E-state index in [1.807, 2.05) is 4.72 Å². The van der Waals surface area contributed by atoms with Crippen molar-refractivity contribution >= 4 is 55.8 Å². The van der Waals surface area contributed by atoms with Gasteiger partial charge in [0.15, 0.2) is 43.4 Å². The van der Waals surface area contributed by atoms with Crippen molar-refractivity contribution in [3.05, 3.63) is 71.3 Å². The van der Waals surface area contributed by atoms with Gasteiger partial charge in [0.2, 0.25) is 27.0 Å². The third-order valence-electron chi connectivity index (χ3n) is 9.99. The number of nitrogens with one attached hydrogen (secondary N) is 1. The number of hydrogen-bond donors (Lipinski definition) is 3. The maximum atomic E-state index is 13.0. The first-order valence-corrected chi connectivity index (χ1v) is 23.2. The molecule has 21 nitrogen and oxygen atoms in total. The molecule has 4 N–H and O–H groups in total. The number of primary sulfonamides is 1. The van der Waals surface area contributed by atoms with Crippen molar-refractivity contribution in [1.29, 1.82) is 0 Å². The van der Waals surface area contributed by atoms with Crippen molar-refractivity contribution in [2.45, 2.75) is 78.2 Å². The highest BCUT2D eigenvalue weighted by molar-refractivity contribution is 7.92. The molecule has 6 rings (SSSR count). The fraction of sp³-hybridized carbons (Fsp3) is 0.450. The SMILES string of the molecule is CC1=N[N+](C)=CC1S(=O)(=O)NC(=O)c1ccc(-n2ccc(OCC(C)(C)C(F)(F)F)n2)nc1C.CC1=N[N+](C)=CC1S(N)(=O)=O.Cc1nc(-n2ccc(OCC(C)(C)C(F)(F)F)n2)ccc1C(=O)O.[2H-].[F-]. The normalized spacial score (nSPS) is 16.2. The van der Waals surface area contributed by atoms with Crippen LogP contribution in [-0.4, -0.2) is 147 Å². The number of amides is 1. The van der Waals surface area contributed by atoms with Gasteiger partial charge in [0.1, 0.15) is 24.6 Å². The molecular weight excluding hydrogens is 990 g/mol. The second-order valence-electron chi connectivity index (χ2n) is 16.8. The molecule has 0 fully saturated rings. The van der Waals surface area contributed by atoms with Crippen LogP contribution < -0.4 is 24.0 Å². The number of aryl methyl sites for hydroxylation is 2. The number of hydrogen-bond acceptors (Lipinski definition) is 14. The molecule has 2 atom stereocenters. The first-order chi connectivity index (χ1) is 31.5. The van der Waals surface area contributed by atoms with E-state index in [4.69, 9.17) is 19.7 Å². The van der Waals surface area contributed by atoms with Gasteiger partial charge in [0.25, 0.3) is 15.9 Å². The highest BCUT2D eigenvalue weighted by Crippen LogP contribution is 2.38. The number of aromatic carboxylic acids is 1. The molecule has 2 aliphatic rings. The molecule has 4 aromatic heterocycles. The van der Waals surface area contributed by atoms with Crippen LogP contribution in [0.3, 0.4) is 0 Å². The van der Waals surface area contributed by atoms with Crippen LogP contribution in [-0.2, 0) is 20.0 Å². The summed E-state index contributed by atoms with van der Waals surface area (Å²) in [6.45, 7) is 9.17. The minimum absolute atomic E-state index is 0. The lowest BCUT2D eigenvalue weighted by molar-refractivity contribution is -0.494. The van der Waals surface area contributed by atoms with Crippen LogP contribution in [0.2, 0.25) is 0 Å². The summed E-state index contributed by atoms with van der Waals surface area (Å²) < 4.78 is 142. The molecule has 0 radical (unpaired) electrons. The minimum Gasteiger partial charge on any atom is -1.00 e. The molecule has 70 heavy (non-hydrogen) atoms. The molecule has 2 unspecified atom stereocenters. The quantitative estimate of drug-likeness (QED) is 0.126. The molecule has 0 aromatic carbocycles. The number of hydrazone groups is 2. The minimum atomic E-state index is -4.44. The van der Waals surface area contributed by atoms with Crippen LogP contribution in [0.4, 0.5) is 26.3 Å². The van der Waals surface area contributed by atoms with Crippen LogP contribution in [0, 0.1) is 24.7 Å². The number of rotatable bonds is 13. The molecule has 4 aromatic rings. The van der Waals surface area contributed by atoms with Crippen LogP contribution in [0.5, 0.6) is 11.8 Å². The zero-order chi connectivity index (χ0) is 52.2. The number of nitrogens with zero attached hydrogens (tertiary/aromatic N) is 10. The largest absolute Gasteiger partial charge is 1.00 e. The Morgan fingerprint density at radius 2 is 1.10 bits per heavy atom. The van der Waals surface area contributed by atoms with Gasteiger partial charge in [-0.15, -0.1) is 10.2 Å². The number of sulfonamides is 2. The number of carboxylic acid groups (broad SMARTS) is 1. The van der Waals surface area contributed by atoms with E-state index in [1.165, 1.54) is 86.9 Å². The average Bonchev–Trinajstić information content (AvgIpc) is 4.02. The van der Waals surface area contributed by atoms with E-state index >= 15 is 0 Å². The molecule has 30 heteroatoms. The number of ether oxygens (including phenoxy) is 2. The van der Waals surface area contributed by atoms with Gasteiger partial charge in [0.05, 0.1) is 33.3 Å². The summed E-state index contributed by atoms with van der Waals surface area (Å²) in [5.74, 6) is -1.36. The first-order valence-electron chi connectivity index (χ1n) is 20.1. The van der Waals surface area contributed by atoms with Gasteiger partial charge >= 0.3 is 18.3 Å². The molecule has 386 valence electrons. The monoisotopic (exact) mass is 1040 g/mol. The van der Waals surface area contributed by atoms with Gasteiger partial charge in [-0.05, 0) is 89.9 Å². The summed E-state index contributed by atoms with van der Waals surface area (Å²) in [5.41, 5.74) is -2.61. The molecule has 0 bridgehead atoms. The summed E-state index contributed by atoms with van der Waals surface area (Å²) >= 11 is 0. The van der Waals surface area contributed by atoms with Gasteiger partial charge in [-0.1, -0.05) is 9.37 Å². The van der Waals surface area contributed by atoms with Crippen molar-refractivity contribution in [3.63, 3.8) is 0 Å². The van der Waals surface area contributed by atoms with Crippen LogP contribution in [0.15, 0.2) is 59.0 Å². The van der Waals surface area contributed by atoms with E-state index in [1.54, 1.807) is 34.9 Å². The fourth-order valence-electron chi connectivity index (χ4n) is 5.67. The molecule has 0 saturated carbocycles. The lowest BCUT2D eigenvalue weighted by Gasteiger charge is -2.26. The van der Waals surface area contributed by atoms with E-state index < -0.39 is 78.8 Å². The highest BCUT2D eigenvalue weighted by Gasteiger charge is 2.49. The molecule has 0 aliphatic carbocycles. The Balaban J connectivity index is 0.000000405. The van der Waals surface area contributed by atoms with E-state index in [0.717, 1.165) is 27.7 Å². The van der Waals surface area contributed by atoms with Crippen LogP contribution in [0.1, 0.15) is 75.1 Å². The number of carbonyl (C=O) groups is 2. The number of aromatic nitrogens is 6. The summed E-state index contributed by atoms with van der Waals surface area (Å²) in [6.07, 6.45) is -3.08. The number of pyridine rings is 2. The van der Waals surface area contributed by atoms with Crippen molar-refractivity contribution in [2.75, 3.05) is 27.3 Å². The number of halogens is 7. The van der Waals surface area contributed by atoms with E-state index in [9.17, 15) is 52.8 Å². The van der Waals surface area contributed by atoms with Crippen LogP contribution in [0.25, 0.3) is 11.6 Å². The van der Waals surface area contributed by atoms with Crippen molar-refractivity contribution in [3.8, 4) is 23.4 Å². The predicted octanol–water partition coefficient (Wildman–Crippen LogP) is 1.18. The third-order valence-corrected chi connectivity index (χ3v) is 12.8. The van der Waals surface area contributed by atoms with E-state index in [-0.39, 0.29) is 40.5 Å². The van der Waals surface area contributed by atoms with Crippen LogP contribution >= 0.6 is 0 Å². The zero-order valence-electron chi connectivity index (χ0n) is 40.1. The molecular formula is C40H51F7N12O9S2. The van der Waals surface area contributed by atoms with E-state index in [0.29, 0.717) is 22.9 Å². The lowest BCUT2D eigenvalue weighted by atomic mass is 9.94. The lowest BCUT2D eigenvalue weighted by Crippen LogP contribution is -3.00. The standard InChI is InChI=1S/C20H23F3N6O4S.C15H16F3N3O3.C5H10N3O2S.FH.H/c1-12-14(18(30)27-34(31,32)15-10-28(5)25-13(15)2)6-7-16(24-12)29-9-8-17(26-29)33-11-19(3,4)20(21,22)23;1-9-10(13(22)23)4-5-11(19-9)21-7-6-12(20-21)24-8-14(2,3)15(16,17)18;1-4-5(11(6,9)10)3-8(2)7-4;;/h6-10,15H,11H2,1-5H3;4-7H,8H2,1-3H3,(H,22,23);3,5H,1-2H3,(H2,6,9,10);1H;/q;;+1;;-1/i;;;;1+1. The number of nitrogens with two attached hydrogens (primary N) is 1. The predicted molar refractivity (Wildman–Crippen MR) is 239 cm³/mol. The second-order valence-corrected chi connectivity index (χ2v) is 20.3. The van der Waals surface area contributed by atoms with Crippen molar-refractivity contribution < 1.29 is 82.8 Å². The van der Waals surface area contributed by atoms with Crippen molar-refractivity contribution in [1.82, 2.24) is 34.3 Å². The molecule has 0 saturated heterocycles. The summed E-state index contributed by atoms with van der Waals surface area (Å²) in [4.78, 5) is 31.9. The van der Waals surface area contributed by atoms with Gasteiger partial charge in [-0.25, -0.2) is 50.8 Å². The smallest absolute Gasteiger partial charge is 0.397 e. The maximum absolute atomic E-state index is 13.0. The molecule has 6 heterocycles. The highest BCUT2D eigenvalue weighted by atomic mass is 32.2. The first kappa shape index (κ1) is 57.6. The topological polar surface area (TPSA) is 271 Å². The van der Waals surface area contributed by atoms with Gasteiger partial charge in [0, 0.05) is 24.5 Å². The summed E-state index contributed by atoms with van der Waals surface area (Å²) in [5, 5.41) is 28.0. The fourth-order valence-corrected chi connectivity index (χ4v) is 7.87. The Morgan fingerprint density at radius 1 is 0.714 bits per heavy atom. The van der Waals surface area contributed by atoms with Gasteiger partial charge in [-0.2, -0.15) is 26.3 Å². The zero-order valence-corrected chi connectivity index (χ0v) is 40.7. The third kappa shape index (κ3) is 14.4. The molecule has 0 spiro atoms. The number of alkyl halides is 6. The molecule has 2 aliphatic heterocycles. The maximum Gasteiger partial charge on any atom is 0.397 e.